The van der Waals surface area contributed by atoms with Gasteiger partial charge in [0.1, 0.15) is 5.82 Å². The molecule has 90 valence electrons. The number of nitrogens with two attached hydrogens (primary N) is 1. The van der Waals surface area contributed by atoms with Crippen molar-refractivity contribution in [2.24, 2.45) is 0 Å². The van der Waals surface area contributed by atoms with Crippen LogP contribution in [0.2, 0.25) is 0 Å². The van der Waals surface area contributed by atoms with Crippen LogP contribution in [0.4, 0.5) is 5.82 Å². The average molecular weight is 233 g/mol. The fraction of sp³-hybridized carbons (Fsp3) is 0.167. The molecule has 0 aliphatic carbocycles. The van der Waals surface area contributed by atoms with Crippen molar-refractivity contribution < 1.29 is 9.90 Å². The van der Waals surface area contributed by atoms with Crippen LogP contribution in [0.1, 0.15) is 12.5 Å². The zero-order chi connectivity index (χ0) is 12.7. The maximum Gasteiger partial charge on any atom is 0.290 e. The molecule has 0 saturated heterocycles. The lowest BCUT2D eigenvalue weighted by atomic mass is 10.2. The van der Waals surface area contributed by atoms with E-state index in [4.69, 9.17) is 15.6 Å². The number of carbonyl (C=O) groups is 1. The van der Waals surface area contributed by atoms with Crippen molar-refractivity contribution in [2.45, 2.75) is 13.3 Å². The third-order valence-electron chi connectivity index (χ3n) is 2.27. The largest absolute Gasteiger partial charge is 0.483 e. The highest BCUT2D eigenvalue weighted by Gasteiger charge is 2.05. The minimum atomic E-state index is -0.250. The van der Waals surface area contributed by atoms with Crippen LogP contribution >= 0.6 is 0 Å². The minimum absolute atomic E-state index is 0.250. The Morgan fingerprint density at radius 2 is 2.00 bits per heavy atom. The van der Waals surface area contributed by atoms with Gasteiger partial charge in [-0.25, -0.2) is 4.68 Å². The second kappa shape index (κ2) is 6.32. The van der Waals surface area contributed by atoms with Crippen molar-refractivity contribution in [2.75, 3.05) is 5.73 Å². The van der Waals surface area contributed by atoms with Gasteiger partial charge in [0, 0.05) is 5.56 Å². The molecule has 0 bridgehead atoms. The van der Waals surface area contributed by atoms with E-state index in [1.165, 1.54) is 0 Å². The second-order valence-electron chi connectivity index (χ2n) is 3.26. The summed E-state index contributed by atoms with van der Waals surface area (Å²) in [6.45, 7) is 1.82. The molecule has 2 aromatic rings. The Morgan fingerprint density at radius 1 is 1.41 bits per heavy atom. The van der Waals surface area contributed by atoms with Crippen LogP contribution in [0.3, 0.4) is 0 Å². The summed E-state index contributed by atoms with van der Waals surface area (Å²) in [4.78, 5) is 8.36. The summed E-state index contributed by atoms with van der Waals surface area (Å²) in [5.74, 6) is 0.735. The number of aromatic nitrogens is 2. The molecule has 0 aliphatic heterocycles. The first-order valence-electron chi connectivity index (χ1n) is 5.20. The maximum atomic E-state index is 8.36. The smallest absolute Gasteiger partial charge is 0.290 e. The standard InChI is InChI=1S/C11H13N3.CH2O2/c1-2-9-8-13-14(11(9)12)10-6-4-3-5-7-10;2-1-3/h3-8H,2,12H2,1H3;1H,(H,2,3). The van der Waals surface area contributed by atoms with Gasteiger partial charge >= 0.3 is 0 Å². The number of hydrogen-bond acceptors (Lipinski definition) is 3. The molecule has 1 heterocycles. The van der Waals surface area contributed by atoms with Gasteiger partial charge in [-0.2, -0.15) is 5.10 Å². The topological polar surface area (TPSA) is 81.1 Å². The Morgan fingerprint density at radius 3 is 2.47 bits per heavy atom. The van der Waals surface area contributed by atoms with Gasteiger partial charge in [0.2, 0.25) is 0 Å². The fourth-order valence-electron chi connectivity index (χ4n) is 1.44. The van der Waals surface area contributed by atoms with Gasteiger partial charge in [-0.3, -0.25) is 4.79 Å². The van der Waals surface area contributed by atoms with Gasteiger partial charge < -0.3 is 10.8 Å². The molecule has 0 saturated carbocycles. The number of rotatable bonds is 2. The van der Waals surface area contributed by atoms with Gasteiger partial charge in [-0.1, -0.05) is 25.1 Å². The Hall–Kier alpha value is -2.30. The number of nitrogens with zero attached hydrogens (tertiary/aromatic N) is 2. The summed E-state index contributed by atoms with van der Waals surface area (Å²) < 4.78 is 1.76. The number of para-hydroxylation sites is 1. The molecule has 1 aromatic heterocycles. The number of aryl methyl sites for hydroxylation is 1. The first-order chi connectivity index (χ1) is 8.24. The van der Waals surface area contributed by atoms with Crippen molar-refractivity contribution in [3.8, 4) is 5.69 Å². The van der Waals surface area contributed by atoms with Crippen molar-refractivity contribution >= 4 is 12.3 Å². The first kappa shape index (κ1) is 12.8. The van der Waals surface area contributed by atoms with Gasteiger partial charge in [-0.05, 0) is 18.6 Å². The lowest BCUT2D eigenvalue weighted by molar-refractivity contribution is -0.122. The van der Waals surface area contributed by atoms with E-state index in [0.29, 0.717) is 0 Å². The number of carboxylic acid groups (broad SMARTS) is 1. The molecule has 17 heavy (non-hydrogen) atoms. The highest BCUT2D eigenvalue weighted by molar-refractivity contribution is 5.46. The van der Waals surface area contributed by atoms with E-state index >= 15 is 0 Å². The predicted octanol–water partition coefficient (Wildman–Crippen LogP) is 1.72. The zero-order valence-corrected chi connectivity index (χ0v) is 9.58. The number of benzene rings is 1. The van der Waals surface area contributed by atoms with Crippen molar-refractivity contribution in [1.29, 1.82) is 0 Å². The molecule has 2 rings (SSSR count). The van der Waals surface area contributed by atoms with Crippen LogP contribution in [0.15, 0.2) is 36.5 Å². The van der Waals surface area contributed by atoms with E-state index in [-0.39, 0.29) is 6.47 Å². The fourth-order valence-corrected chi connectivity index (χ4v) is 1.44. The predicted molar refractivity (Wildman–Crippen MR) is 66.0 cm³/mol. The third-order valence-corrected chi connectivity index (χ3v) is 2.27. The quantitative estimate of drug-likeness (QED) is 0.774. The van der Waals surface area contributed by atoms with Gasteiger partial charge in [0.15, 0.2) is 0 Å². The third kappa shape index (κ3) is 3.07. The molecule has 3 N–H and O–H groups in total. The van der Waals surface area contributed by atoms with Crippen molar-refractivity contribution in [3.05, 3.63) is 42.1 Å². The molecule has 0 amide bonds. The van der Waals surface area contributed by atoms with Crippen LogP contribution in [0, 0.1) is 0 Å². The monoisotopic (exact) mass is 233 g/mol. The van der Waals surface area contributed by atoms with E-state index in [1.807, 2.05) is 36.5 Å². The average Bonchev–Trinajstić information content (AvgIpc) is 2.72. The molecule has 0 unspecified atom stereocenters. The number of nitrogen functional groups attached to an aromatic ring is 1. The normalized spacial score (nSPS) is 9.24. The maximum absolute atomic E-state index is 8.36. The molecule has 0 fully saturated rings. The summed E-state index contributed by atoms with van der Waals surface area (Å²) >= 11 is 0. The number of anilines is 1. The molecule has 0 atom stereocenters. The van der Waals surface area contributed by atoms with Crippen molar-refractivity contribution in [3.63, 3.8) is 0 Å². The molecule has 0 spiro atoms. The summed E-state index contributed by atoms with van der Waals surface area (Å²) in [6.07, 6.45) is 2.74. The number of hydrogen-bond donors (Lipinski definition) is 2. The Bertz CT molecular complexity index is 466. The van der Waals surface area contributed by atoms with E-state index in [2.05, 4.69) is 12.0 Å². The van der Waals surface area contributed by atoms with Gasteiger partial charge in [0.05, 0.1) is 11.9 Å². The van der Waals surface area contributed by atoms with Gasteiger partial charge in [-0.15, -0.1) is 0 Å². The van der Waals surface area contributed by atoms with E-state index < -0.39 is 0 Å². The highest BCUT2D eigenvalue weighted by Crippen LogP contribution is 2.16. The van der Waals surface area contributed by atoms with Crippen LogP contribution in [0.5, 0.6) is 0 Å². The SMILES string of the molecule is CCc1cnn(-c2ccccc2)c1N.O=CO. The summed E-state index contributed by atoms with van der Waals surface area (Å²) in [5.41, 5.74) is 8.04. The molecular formula is C12H15N3O2. The minimum Gasteiger partial charge on any atom is -0.483 e. The molecular weight excluding hydrogens is 218 g/mol. The van der Waals surface area contributed by atoms with E-state index in [9.17, 15) is 0 Å². The Labute approximate surface area is 99.5 Å². The van der Waals surface area contributed by atoms with E-state index in [1.54, 1.807) is 4.68 Å². The highest BCUT2D eigenvalue weighted by atomic mass is 16.3. The van der Waals surface area contributed by atoms with E-state index in [0.717, 1.165) is 23.5 Å². The Kier molecular flexibility index (Phi) is 4.75. The summed E-state index contributed by atoms with van der Waals surface area (Å²) in [6, 6.07) is 9.90. The Balaban J connectivity index is 0.000000437. The lowest BCUT2D eigenvalue weighted by Gasteiger charge is -2.03. The second-order valence-corrected chi connectivity index (χ2v) is 3.26. The van der Waals surface area contributed by atoms with Crippen molar-refractivity contribution in [1.82, 2.24) is 9.78 Å². The molecule has 1 aromatic carbocycles. The van der Waals surface area contributed by atoms with Crippen LogP contribution < -0.4 is 5.73 Å². The summed E-state index contributed by atoms with van der Waals surface area (Å²) in [5, 5.41) is 11.1. The van der Waals surface area contributed by atoms with Crippen LogP contribution in [-0.2, 0) is 11.2 Å². The van der Waals surface area contributed by atoms with Crippen LogP contribution in [0.25, 0.3) is 5.69 Å². The zero-order valence-electron chi connectivity index (χ0n) is 9.58. The van der Waals surface area contributed by atoms with Gasteiger partial charge in [0.25, 0.3) is 6.47 Å². The molecule has 0 radical (unpaired) electrons. The molecule has 5 heteroatoms. The summed E-state index contributed by atoms with van der Waals surface area (Å²) in [7, 11) is 0. The molecule has 0 aliphatic rings. The molecule has 5 nitrogen and oxygen atoms in total. The van der Waals surface area contributed by atoms with Crippen LogP contribution in [-0.4, -0.2) is 21.4 Å². The lowest BCUT2D eigenvalue weighted by Crippen LogP contribution is -2.02. The first-order valence-corrected chi connectivity index (χ1v) is 5.20.